The van der Waals surface area contributed by atoms with Gasteiger partial charge in [-0.3, -0.25) is 4.79 Å². The molecule has 0 heterocycles. The highest BCUT2D eigenvalue weighted by Crippen LogP contribution is 2.64. The lowest BCUT2D eigenvalue weighted by Crippen LogP contribution is -2.55. The van der Waals surface area contributed by atoms with Crippen LogP contribution in [0.4, 0.5) is 0 Å². The largest absolute Gasteiger partial charge is 0.393 e. The third-order valence-corrected chi connectivity index (χ3v) is 8.46. The maximum absolute atomic E-state index is 11.7. The van der Waals surface area contributed by atoms with Gasteiger partial charge in [0, 0.05) is 6.92 Å². The second kappa shape index (κ2) is 5.82. The first-order valence-corrected chi connectivity index (χ1v) is 10.1. The van der Waals surface area contributed by atoms with Crippen molar-refractivity contribution >= 4 is 5.91 Å². The Kier molecular flexibility index (Phi) is 4.08. The number of fused-ring (bicyclic) bond motifs is 5. The Bertz CT molecular complexity index is 602. The minimum atomic E-state index is -0.427. The van der Waals surface area contributed by atoms with Gasteiger partial charge in [-0.05, 0) is 73.5 Å². The molecule has 3 N–H and O–H groups in total. The lowest BCUT2D eigenvalue weighted by Gasteiger charge is -2.57. The van der Waals surface area contributed by atoms with Crippen molar-refractivity contribution in [2.24, 2.45) is 28.6 Å². The molecule has 25 heavy (non-hydrogen) atoms. The SMILES string of the molecule is CC(=O)N[C@H]1[C@@H](O)CC2C3CC=C4C[C@@H](O)CC[C@]4(C)C3CC[C@@]21C. The molecule has 0 bridgehead atoms. The summed E-state index contributed by atoms with van der Waals surface area (Å²) in [5.41, 5.74) is 1.70. The van der Waals surface area contributed by atoms with Gasteiger partial charge in [0.15, 0.2) is 0 Å². The monoisotopic (exact) mass is 347 g/mol. The molecule has 1 amide bonds. The molecule has 3 saturated carbocycles. The zero-order valence-corrected chi connectivity index (χ0v) is 15.8. The minimum Gasteiger partial charge on any atom is -0.393 e. The molecule has 0 aromatic heterocycles. The Labute approximate surface area is 151 Å². The van der Waals surface area contributed by atoms with Crippen molar-refractivity contribution in [3.63, 3.8) is 0 Å². The van der Waals surface area contributed by atoms with E-state index in [1.54, 1.807) is 6.92 Å². The number of hydrogen-bond acceptors (Lipinski definition) is 3. The Morgan fingerprint density at radius 2 is 1.96 bits per heavy atom. The van der Waals surface area contributed by atoms with Gasteiger partial charge < -0.3 is 15.5 Å². The van der Waals surface area contributed by atoms with Gasteiger partial charge in [-0.15, -0.1) is 0 Å². The summed E-state index contributed by atoms with van der Waals surface area (Å²) in [6, 6.07) is -0.109. The standard InChI is InChI=1S/C21H33NO3/c1-12(23)22-19-18(25)11-17-15-5-4-13-10-14(24)6-8-20(13,2)16(15)7-9-21(17,19)3/h4,14-19,24-25H,5-11H2,1-3H3,(H,22,23)/t14-,15?,16?,17?,18-,19-,20-,21-/m0/s1. The van der Waals surface area contributed by atoms with Crippen molar-refractivity contribution in [3.05, 3.63) is 11.6 Å². The van der Waals surface area contributed by atoms with Crippen molar-refractivity contribution in [1.82, 2.24) is 5.32 Å². The molecule has 4 rings (SSSR count). The predicted octanol–water partition coefficient (Wildman–Crippen LogP) is 2.79. The van der Waals surface area contributed by atoms with Crippen molar-refractivity contribution in [2.45, 2.75) is 84.0 Å². The van der Waals surface area contributed by atoms with Crippen LogP contribution in [0, 0.1) is 28.6 Å². The summed E-state index contributed by atoms with van der Waals surface area (Å²) in [5, 5.41) is 23.8. The molecule has 140 valence electrons. The Morgan fingerprint density at radius 1 is 1.20 bits per heavy atom. The van der Waals surface area contributed by atoms with Crippen LogP contribution in [0.25, 0.3) is 0 Å². The maximum Gasteiger partial charge on any atom is 0.217 e. The summed E-state index contributed by atoms with van der Waals surface area (Å²) in [5.74, 6) is 1.68. The van der Waals surface area contributed by atoms with E-state index in [9.17, 15) is 15.0 Å². The molecular weight excluding hydrogens is 314 g/mol. The summed E-state index contributed by atoms with van der Waals surface area (Å²) >= 11 is 0. The fourth-order valence-corrected chi connectivity index (χ4v) is 7.14. The zero-order valence-electron chi connectivity index (χ0n) is 15.8. The van der Waals surface area contributed by atoms with Crippen molar-refractivity contribution < 1.29 is 15.0 Å². The Balaban J connectivity index is 1.64. The van der Waals surface area contributed by atoms with Crippen LogP contribution in [0.5, 0.6) is 0 Å². The van der Waals surface area contributed by atoms with Crippen molar-refractivity contribution in [1.29, 1.82) is 0 Å². The highest BCUT2D eigenvalue weighted by molar-refractivity contribution is 5.73. The molecule has 0 spiro atoms. The van der Waals surface area contributed by atoms with E-state index >= 15 is 0 Å². The number of rotatable bonds is 1. The molecule has 0 aromatic rings. The molecule has 4 nitrogen and oxygen atoms in total. The quantitative estimate of drug-likeness (QED) is 0.639. The number of allylic oxidation sites excluding steroid dienone is 1. The summed E-state index contributed by atoms with van der Waals surface area (Å²) in [4.78, 5) is 11.7. The fourth-order valence-electron chi connectivity index (χ4n) is 7.14. The topological polar surface area (TPSA) is 69.6 Å². The minimum absolute atomic E-state index is 0.00212. The Morgan fingerprint density at radius 3 is 2.68 bits per heavy atom. The van der Waals surface area contributed by atoms with E-state index in [1.165, 1.54) is 12.0 Å². The molecule has 4 heteroatoms. The van der Waals surface area contributed by atoms with E-state index < -0.39 is 6.10 Å². The first-order valence-electron chi connectivity index (χ1n) is 10.1. The second-order valence-corrected chi connectivity index (χ2v) is 9.68. The van der Waals surface area contributed by atoms with Crippen LogP contribution in [0.15, 0.2) is 11.6 Å². The van der Waals surface area contributed by atoms with E-state index in [1.807, 2.05) is 0 Å². The molecule has 4 aliphatic carbocycles. The Hall–Kier alpha value is -0.870. The van der Waals surface area contributed by atoms with Gasteiger partial charge in [-0.25, -0.2) is 0 Å². The molecule has 8 atom stereocenters. The predicted molar refractivity (Wildman–Crippen MR) is 96.7 cm³/mol. The van der Waals surface area contributed by atoms with Crippen LogP contribution in [-0.4, -0.2) is 34.4 Å². The summed E-state index contributed by atoms with van der Waals surface area (Å²) in [6.07, 6.45) is 8.79. The lowest BCUT2D eigenvalue weighted by molar-refractivity contribution is -0.122. The molecule has 0 aromatic carbocycles. The van der Waals surface area contributed by atoms with Gasteiger partial charge in [0.05, 0.1) is 18.2 Å². The van der Waals surface area contributed by atoms with Crippen LogP contribution in [0.3, 0.4) is 0 Å². The molecule has 0 radical (unpaired) electrons. The van der Waals surface area contributed by atoms with Crippen LogP contribution < -0.4 is 5.32 Å². The first kappa shape index (κ1) is 17.5. The van der Waals surface area contributed by atoms with Crippen LogP contribution >= 0.6 is 0 Å². The van der Waals surface area contributed by atoms with Crippen LogP contribution in [-0.2, 0) is 4.79 Å². The molecule has 3 unspecified atom stereocenters. The summed E-state index contributed by atoms with van der Waals surface area (Å²) in [7, 11) is 0. The number of aliphatic hydroxyl groups is 2. The van der Waals surface area contributed by atoms with E-state index in [-0.39, 0.29) is 28.9 Å². The molecule has 4 aliphatic rings. The van der Waals surface area contributed by atoms with Gasteiger partial charge in [0.1, 0.15) is 0 Å². The lowest BCUT2D eigenvalue weighted by atomic mass is 9.48. The highest BCUT2D eigenvalue weighted by Gasteiger charge is 2.61. The number of hydrogen-bond donors (Lipinski definition) is 3. The van der Waals surface area contributed by atoms with E-state index in [0.29, 0.717) is 17.8 Å². The average Bonchev–Trinajstić information content (AvgIpc) is 2.79. The smallest absolute Gasteiger partial charge is 0.217 e. The molecule has 0 aliphatic heterocycles. The normalized spacial score (nSPS) is 51.8. The number of amides is 1. The van der Waals surface area contributed by atoms with Crippen molar-refractivity contribution in [2.75, 3.05) is 0 Å². The van der Waals surface area contributed by atoms with Gasteiger partial charge in [0.25, 0.3) is 0 Å². The first-order chi connectivity index (χ1) is 11.8. The van der Waals surface area contributed by atoms with Crippen molar-refractivity contribution in [3.8, 4) is 0 Å². The third kappa shape index (κ3) is 2.51. The summed E-state index contributed by atoms with van der Waals surface area (Å²) < 4.78 is 0. The fraction of sp³-hybridized carbons (Fsp3) is 0.857. The number of nitrogens with one attached hydrogen (secondary N) is 1. The summed E-state index contributed by atoms with van der Waals surface area (Å²) in [6.45, 7) is 6.26. The van der Waals surface area contributed by atoms with Gasteiger partial charge in [-0.1, -0.05) is 25.5 Å². The van der Waals surface area contributed by atoms with E-state index in [2.05, 4.69) is 25.2 Å². The zero-order chi connectivity index (χ0) is 18.0. The molecule has 3 fully saturated rings. The van der Waals surface area contributed by atoms with Crippen LogP contribution in [0.2, 0.25) is 0 Å². The van der Waals surface area contributed by atoms with Gasteiger partial charge in [-0.2, -0.15) is 0 Å². The third-order valence-electron chi connectivity index (χ3n) is 8.46. The van der Waals surface area contributed by atoms with Gasteiger partial charge in [0.2, 0.25) is 5.91 Å². The highest BCUT2D eigenvalue weighted by atomic mass is 16.3. The average molecular weight is 347 g/mol. The van der Waals surface area contributed by atoms with E-state index in [0.717, 1.165) is 38.5 Å². The maximum atomic E-state index is 11.7. The number of carbonyl (C=O) groups excluding carboxylic acids is 1. The molecular formula is C21H33NO3. The van der Waals surface area contributed by atoms with E-state index in [4.69, 9.17) is 0 Å². The number of aliphatic hydroxyl groups excluding tert-OH is 2. The molecule has 0 saturated heterocycles. The van der Waals surface area contributed by atoms with Crippen LogP contribution in [0.1, 0.15) is 65.7 Å². The second-order valence-electron chi connectivity index (χ2n) is 9.68. The van der Waals surface area contributed by atoms with Gasteiger partial charge >= 0.3 is 0 Å². The number of carbonyl (C=O) groups is 1.